The summed E-state index contributed by atoms with van der Waals surface area (Å²) in [5.74, 6) is 0. The Morgan fingerprint density at radius 2 is 1.39 bits per heavy atom. The number of hydrogen-bond acceptors (Lipinski definition) is 3. The van der Waals surface area contributed by atoms with Crippen molar-refractivity contribution in [1.82, 2.24) is 0 Å². The summed E-state index contributed by atoms with van der Waals surface area (Å²) < 4.78 is 12.2. The van der Waals surface area contributed by atoms with Crippen molar-refractivity contribution in [3.05, 3.63) is 60.2 Å². The summed E-state index contributed by atoms with van der Waals surface area (Å²) in [5, 5.41) is 3.43. The molecule has 0 radical (unpaired) electrons. The van der Waals surface area contributed by atoms with Gasteiger partial charge in [-0.15, -0.1) is 0 Å². The summed E-state index contributed by atoms with van der Waals surface area (Å²) in [4.78, 5) is 0. The summed E-state index contributed by atoms with van der Waals surface area (Å²) in [6.45, 7) is 9.10. The minimum absolute atomic E-state index is 0.303. The smallest absolute Gasteiger partial charge is 0.399 e. The van der Waals surface area contributed by atoms with Crippen LogP contribution in [0, 0.1) is 0 Å². The first-order chi connectivity index (χ1) is 10.9. The van der Waals surface area contributed by atoms with Gasteiger partial charge in [0, 0.05) is 12.2 Å². The second-order valence-corrected chi connectivity index (χ2v) is 7.05. The van der Waals surface area contributed by atoms with Crippen molar-refractivity contribution in [3.63, 3.8) is 0 Å². The summed E-state index contributed by atoms with van der Waals surface area (Å²) in [6, 6.07) is 18.6. The lowest BCUT2D eigenvalue weighted by Crippen LogP contribution is -2.41. The highest BCUT2D eigenvalue weighted by Crippen LogP contribution is 2.36. The Kier molecular flexibility index (Phi) is 4.22. The second-order valence-electron chi connectivity index (χ2n) is 7.05. The molecule has 2 aromatic rings. The molecule has 23 heavy (non-hydrogen) atoms. The van der Waals surface area contributed by atoms with E-state index in [4.69, 9.17) is 9.31 Å². The van der Waals surface area contributed by atoms with Gasteiger partial charge in [0.2, 0.25) is 0 Å². The standard InChI is InChI=1S/C19H24BNO2/c1-18(2)19(3,4)23-20(22-18)16-10-12-17(13-11-16)21-14-15-8-6-5-7-9-15/h5-13,21H,14H2,1-4H3. The molecular weight excluding hydrogens is 285 g/mol. The number of rotatable bonds is 4. The van der Waals surface area contributed by atoms with Crippen molar-refractivity contribution in [1.29, 1.82) is 0 Å². The first-order valence-electron chi connectivity index (χ1n) is 8.11. The molecule has 0 saturated carbocycles. The van der Waals surface area contributed by atoms with Crippen molar-refractivity contribution >= 4 is 18.3 Å². The number of hydrogen-bond donors (Lipinski definition) is 1. The van der Waals surface area contributed by atoms with E-state index in [1.165, 1.54) is 5.56 Å². The Balaban J connectivity index is 1.64. The highest BCUT2D eigenvalue weighted by atomic mass is 16.7. The van der Waals surface area contributed by atoms with Gasteiger partial charge in [-0.25, -0.2) is 0 Å². The first-order valence-corrected chi connectivity index (χ1v) is 8.11. The maximum absolute atomic E-state index is 6.08. The van der Waals surface area contributed by atoms with Crippen LogP contribution in [0.3, 0.4) is 0 Å². The summed E-state index contributed by atoms with van der Waals surface area (Å²) in [7, 11) is -0.303. The Labute approximate surface area is 139 Å². The van der Waals surface area contributed by atoms with E-state index < -0.39 is 0 Å². The van der Waals surface area contributed by atoms with Gasteiger partial charge >= 0.3 is 7.12 Å². The molecule has 0 aromatic heterocycles. The average Bonchev–Trinajstić information content (AvgIpc) is 2.75. The van der Waals surface area contributed by atoms with E-state index in [2.05, 4.69) is 81.5 Å². The minimum atomic E-state index is -0.304. The van der Waals surface area contributed by atoms with Crippen molar-refractivity contribution in [2.45, 2.75) is 45.4 Å². The summed E-state index contributed by atoms with van der Waals surface area (Å²) >= 11 is 0. The third-order valence-corrected chi connectivity index (χ3v) is 4.78. The molecule has 0 unspecified atom stereocenters. The lowest BCUT2D eigenvalue weighted by molar-refractivity contribution is 0.00578. The van der Waals surface area contributed by atoms with Crippen LogP contribution in [0.5, 0.6) is 0 Å². The van der Waals surface area contributed by atoms with E-state index in [9.17, 15) is 0 Å². The van der Waals surface area contributed by atoms with E-state index in [0.29, 0.717) is 0 Å². The number of anilines is 1. The van der Waals surface area contributed by atoms with Crippen LogP contribution >= 0.6 is 0 Å². The molecule has 1 aliphatic rings. The minimum Gasteiger partial charge on any atom is -0.399 e. The highest BCUT2D eigenvalue weighted by molar-refractivity contribution is 6.62. The quantitative estimate of drug-likeness (QED) is 0.875. The lowest BCUT2D eigenvalue weighted by atomic mass is 9.79. The van der Waals surface area contributed by atoms with Gasteiger partial charge < -0.3 is 14.6 Å². The van der Waals surface area contributed by atoms with E-state index >= 15 is 0 Å². The molecule has 1 saturated heterocycles. The highest BCUT2D eigenvalue weighted by Gasteiger charge is 2.51. The molecule has 0 bridgehead atoms. The molecule has 0 spiro atoms. The third-order valence-electron chi connectivity index (χ3n) is 4.78. The summed E-state index contributed by atoms with van der Waals surface area (Å²) in [6.07, 6.45) is 0. The lowest BCUT2D eigenvalue weighted by Gasteiger charge is -2.32. The molecule has 4 heteroatoms. The molecule has 1 fully saturated rings. The van der Waals surface area contributed by atoms with Crippen LogP contribution in [0.25, 0.3) is 0 Å². The zero-order valence-electron chi connectivity index (χ0n) is 14.3. The van der Waals surface area contributed by atoms with Gasteiger partial charge in [0.15, 0.2) is 0 Å². The predicted molar refractivity (Wildman–Crippen MR) is 95.9 cm³/mol. The van der Waals surface area contributed by atoms with Gasteiger partial charge in [-0.2, -0.15) is 0 Å². The topological polar surface area (TPSA) is 30.5 Å². The molecule has 1 heterocycles. The van der Waals surface area contributed by atoms with Crippen LogP contribution in [0.1, 0.15) is 33.3 Å². The van der Waals surface area contributed by atoms with Gasteiger partial charge in [0.1, 0.15) is 0 Å². The molecule has 3 nitrogen and oxygen atoms in total. The zero-order chi connectivity index (χ0) is 16.5. The SMILES string of the molecule is CC1(C)OB(c2ccc(NCc3ccccc3)cc2)OC1(C)C. The molecule has 3 rings (SSSR count). The Morgan fingerprint density at radius 1 is 0.826 bits per heavy atom. The van der Waals surface area contributed by atoms with Gasteiger partial charge in [0.05, 0.1) is 11.2 Å². The molecule has 1 N–H and O–H groups in total. The Morgan fingerprint density at radius 3 is 1.96 bits per heavy atom. The molecule has 1 aliphatic heterocycles. The molecule has 0 amide bonds. The first kappa shape index (κ1) is 16.1. The third kappa shape index (κ3) is 3.43. The van der Waals surface area contributed by atoms with Crippen molar-refractivity contribution in [3.8, 4) is 0 Å². The molecule has 120 valence electrons. The number of nitrogens with one attached hydrogen (secondary N) is 1. The van der Waals surface area contributed by atoms with E-state index in [1.54, 1.807) is 0 Å². The largest absolute Gasteiger partial charge is 0.494 e. The van der Waals surface area contributed by atoms with Gasteiger partial charge in [-0.1, -0.05) is 42.5 Å². The number of benzene rings is 2. The van der Waals surface area contributed by atoms with Gasteiger partial charge in [-0.3, -0.25) is 0 Å². The molecule has 2 aromatic carbocycles. The molecule has 0 atom stereocenters. The molecule has 0 aliphatic carbocycles. The van der Waals surface area contributed by atoms with Crippen molar-refractivity contribution in [2.75, 3.05) is 5.32 Å². The normalized spacial score (nSPS) is 18.9. The Hall–Kier alpha value is -1.78. The fraction of sp³-hybridized carbons (Fsp3) is 0.368. The van der Waals surface area contributed by atoms with Gasteiger partial charge in [0.25, 0.3) is 0 Å². The Bertz CT molecular complexity index is 637. The van der Waals surface area contributed by atoms with Crippen LogP contribution in [-0.4, -0.2) is 18.3 Å². The second kappa shape index (κ2) is 6.02. The van der Waals surface area contributed by atoms with Crippen LogP contribution in [0.2, 0.25) is 0 Å². The molecular formula is C19H24BNO2. The van der Waals surface area contributed by atoms with E-state index in [0.717, 1.165) is 17.7 Å². The maximum atomic E-state index is 6.08. The fourth-order valence-corrected chi connectivity index (χ4v) is 2.54. The van der Waals surface area contributed by atoms with Crippen LogP contribution in [-0.2, 0) is 15.9 Å². The van der Waals surface area contributed by atoms with Crippen molar-refractivity contribution < 1.29 is 9.31 Å². The van der Waals surface area contributed by atoms with Crippen molar-refractivity contribution in [2.24, 2.45) is 0 Å². The van der Waals surface area contributed by atoms with Crippen LogP contribution < -0.4 is 10.8 Å². The average molecular weight is 309 g/mol. The monoisotopic (exact) mass is 309 g/mol. The van der Waals surface area contributed by atoms with Gasteiger partial charge in [-0.05, 0) is 50.9 Å². The fourth-order valence-electron chi connectivity index (χ4n) is 2.54. The maximum Gasteiger partial charge on any atom is 0.494 e. The van der Waals surface area contributed by atoms with E-state index in [-0.39, 0.29) is 18.3 Å². The van der Waals surface area contributed by atoms with E-state index in [1.807, 2.05) is 6.07 Å². The zero-order valence-corrected chi connectivity index (χ0v) is 14.3. The summed E-state index contributed by atoms with van der Waals surface area (Å²) in [5.41, 5.74) is 2.80. The van der Waals surface area contributed by atoms with Crippen LogP contribution in [0.15, 0.2) is 54.6 Å². The van der Waals surface area contributed by atoms with Crippen LogP contribution in [0.4, 0.5) is 5.69 Å². The predicted octanol–water partition coefficient (Wildman–Crippen LogP) is 3.60.